The van der Waals surface area contributed by atoms with E-state index in [1.807, 2.05) is 0 Å². The Balaban J connectivity index is 2.54. The van der Waals surface area contributed by atoms with Gasteiger partial charge in [0.15, 0.2) is 0 Å². The van der Waals surface area contributed by atoms with Crippen LogP contribution in [0.25, 0.3) is 0 Å². The predicted molar refractivity (Wildman–Crippen MR) is 80.3 cm³/mol. The van der Waals surface area contributed by atoms with Crippen molar-refractivity contribution in [2.24, 2.45) is 5.73 Å². The number of hydrogen-bond donors (Lipinski definition) is 2. The van der Waals surface area contributed by atoms with Gasteiger partial charge < -0.3 is 10.5 Å². The van der Waals surface area contributed by atoms with E-state index in [-0.39, 0.29) is 18.0 Å². The molecule has 1 rings (SSSR count). The molecule has 0 bridgehead atoms. The molecule has 5 nitrogen and oxygen atoms in total. The first kappa shape index (κ1) is 17.4. The molecule has 7 heteroatoms. The quantitative estimate of drug-likeness (QED) is 0.681. The number of nitrogens with two attached hydrogens (primary N) is 1. The summed E-state index contributed by atoms with van der Waals surface area (Å²) in [6.07, 6.45) is 2.03. The topological polar surface area (TPSA) is 81.4 Å². The molecular formula is C13H21ClN2O3S. The fourth-order valence-corrected chi connectivity index (χ4v) is 2.90. The standard InChI is InChI=1S/C13H21ClN2O3S/c1-2-3-7-19-8-6-16-20(17,18)12-5-4-11(10-15)13(14)9-12/h4-5,9,16H,2-3,6-8,10,15H2,1H3. The summed E-state index contributed by atoms with van der Waals surface area (Å²) < 4.78 is 31.8. The molecule has 20 heavy (non-hydrogen) atoms. The summed E-state index contributed by atoms with van der Waals surface area (Å²) in [5.74, 6) is 0. The minimum atomic E-state index is -3.56. The summed E-state index contributed by atoms with van der Waals surface area (Å²) in [6, 6.07) is 4.52. The number of ether oxygens (including phenoxy) is 1. The number of nitrogens with one attached hydrogen (secondary N) is 1. The molecule has 1 aromatic rings. The first-order valence-electron chi connectivity index (χ1n) is 6.57. The van der Waals surface area contributed by atoms with Gasteiger partial charge in [-0.15, -0.1) is 0 Å². The number of halogens is 1. The molecule has 0 aromatic heterocycles. The molecule has 0 spiro atoms. The summed E-state index contributed by atoms with van der Waals surface area (Å²) in [5.41, 5.74) is 6.20. The summed E-state index contributed by atoms with van der Waals surface area (Å²) in [7, 11) is -3.56. The van der Waals surface area contributed by atoms with Crippen LogP contribution in [0.15, 0.2) is 23.1 Å². The van der Waals surface area contributed by atoms with Gasteiger partial charge in [-0.2, -0.15) is 0 Å². The molecule has 0 aliphatic rings. The lowest BCUT2D eigenvalue weighted by Crippen LogP contribution is -2.27. The minimum Gasteiger partial charge on any atom is -0.380 e. The maximum Gasteiger partial charge on any atom is 0.240 e. The molecule has 114 valence electrons. The highest BCUT2D eigenvalue weighted by molar-refractivity contribution is 7.89. The van der Waals surface area contributed by atoms with E-state index in [4.69, 9.17) is 22.1 Å². The van der Waals surface area contributed by atoms with Gasteiger partial charge in [-0.25, -0.2) is 13.1 Å². The van der Waals surface area contributed by atoms with E-state index in [0.717, 1.165) is 12.8 Å². The van der Waals surface area contributed by atoms with Crippen molar-refractivity contribution in [2.45, 2.75) is 31.2 Å². The molecule has 0 unspecified atom stereocenters. The Morgan fingerprint density at radius 3 is 2.70 bits per heavy atom. The summed E-state index contributed by atoms with van der Waals surface area (Å²) >= 11 is 5.96. The molecule has 0 saturated carbocycles. The lowest BCUT2D eigenvalue weighted by atomic mass is 10.2. The van der Waals surface area contributed by atoms with Gasteiger partial charge >= 0.3 is 0 Å². The number of benzene rings is 1. The van der Waals surface area contributed by atoms with E-state index >= 15 is 0 Å². The number of hydrogen-bond acceptors (Lipinski definition) is 4. The first-order valence-corrected chi connectivity index (χ1v) is 8.43. The highest BCUT2D eigenvalue weighted by Gasteiger charge is 2.14. The van der Waals surface area contributed by atoms with Gasteiger partial charge in [0.2, 0.25) is 10.0 Å². The van der Waals surface area contributed by atoms with Crippen LogP contribution in [0, 0.1) is 0 Å². The van der Waals surface area contributed by atoms with Crippen molar-refractivity contribution in [3.63, 3.8) is 0 Å². The van der Waals surface area contributed by atoms with Crippen molar-refractivity contribution in [2.75, 3.05) is 19.8 Å². The average molecular weight is 321 g/mol. The van der Waals surface area contributed by atoms with Crippen molar-refractivity contribution < 1.29 is 13.2 Å². The van der Waals surface area contributed by atoms with Crippen molar-refractivity contribution in [3.8, 4) is 0 Å². The van der Waals surface area contributed by atoms with Crippen molar-refractivity contribution in [1.82, 2.24) is 4.72 Å². The molecule has 0 radical (unpaired) electrons. The SMILES string of the molecule is CCCCOCCNS(=O)(=O)c1ccc(CN)c(Cl)c1. The van der Waals surface area contributed by atoms with Crippen LogP contribution in [0.5, 0.6) is 0 Å². The average Bonchev–Trinajstić information content (AvgIpc) is 2.42. The Morgan fingerprint density at radius 2 is 2.10 bits per heavy atom. The summed E-state index contributed by atoms with van der Waals surface area (Å²) in [4.78, 5) is 0.133. The second kappa shape index (κ2) is 8.59. The molecule has 0 aliphatic heterocycles. The third kappa shape index (κ3) is 5.38. The Bertz CT molecular complexity index is 520. The smallest absolute Gasteiger partial charge is 0.240 e. The first-order chi connectivity index (χ1) is 9.51. The maximum atomic E-state index is 12.0. The zero-order chi connectivity index (χ0) is 15.0. The second-order valence-electron chi connectivity index (χ2n) is 4.32. The molecule has 0 amide bonds. The van der Waals surface area contributed by atoms with Gasteiger partial charge in [-0.1, -0.05) is 31.0 Å². The van der Waals surface area contributed by atoms with Crippen molar-refractivity contribution in [3.05, 3.63) is 28.8 Å². The zero-order valence-corrected chi connectivity index (χ0v) is 13.1. The van der Waals surface area contributed by atoms with E-state index in [9.17, 15) is 8.42 Å². The highest BCUT2D eigenvalue weighted by atomic mass is 35.5. The molecule has 3 N–H and O–H groups in total. The minimum absolute atomic E-state index is 0.133. The molecule has 0 heterocycles. The Hall–Kier alpha value is -0.660. The molecule has 0 atom stereocenters. The predicted octanol–water partition coefficient (Wildman–Crippen LogP) is 1.89. The van der Waals surface area contributed by atoms with E-state index in [1.165, 1.54) is 12.1 Å². The Labute approximate surface area is 125 Å². The fraction of sp³-hybridized carbons (Fsp3) is 0.538. The van der Waals surface area contributed by atoms with Gasteiger partial charge in [-0.05, 0) is 24.1 Å². The lowest BCUT2D eigenvalue weighted by Gasteiger charge is -2.09. The van der Waals surface area contributed by atoms with Gasteiger partial charge in [0, 0.05) is 24.7 Å². The highest BCUT2D eigenvalue weighted by Crippen LogP contribution is 2.20. The Morgan fingerprint density at radius 1 is 1.35 bits per heavy atom. The summed E-state index contributed by atoms with van der Waals surface area (Å²) in [6.45, 7) is 3.59. The second-order valence-corrected chi connectivity index (χ2v) is 6.50. The van der Waals surface area contributed by atoms with Gasteiger partial charge in [0.05, 0.1) is 11.5 Å². The van der Waals surface area contributed by atoms with Crippen LogP contribution in [-0.2, 0) is 21.3 Å². The maximum absolute atomic E-state index is 12.0. The van der Waals surface area contributed by atoms with Crippen LogP contribution in [0.2, 0.25) is 5.02 Å². The summed E-state index contributed by atoms with van der Waals surface area (Å²) in [5, 5.41) is 0.356. The van der Waals surface area contributed by atoms with Crippen LogP contribution in [0.1, 0.15) is 25.3 Å². The monoisotopic (exact) mass is 320 g/mol. The zero-order valence-electron chi connectivity index (χ0n) is 11.6. The van der Waals surface area contributed by atoms with Gasteiger partial charge in [-0.3, -0.25) is 0 Å². The third-order valence-electron chi connectivity index (χ3n) is 2.74. The lowest BCUT2D eigenvalue weighted by molar-refractivity contribution is 0.136. The molecule has 0 aliphatic carbocycles. The Kier molecular flexibility index (Phi) is 7.47. The molecule has 1 aromatic carbocycles. The van der Waals surface area contributed by atoms with E-state index in [1.54, 1.807) is 6.07 Å². The molecule has 0 fully saturated rings. The normalized spacial score (nSPS) is 11.8. The van der Waals surface area contributed by atoms with Crippen molar-refractivity contribution in [1.29, 1.82) is 0 Å². The van der Waals surface area contributed by atoms with Gasteiger partial charge in [0.1, 0.15) is 0 Å². The number of unbranched alkanes of at least 4 members (excludes halogenated alkanes) is 1. The number of rotatable bonds is 9. The van der Waals surface area contributed by atoms with Crippen LogP contribution < -0.4 is 10.5 Å². The fourth-order valence-electron chi connectivity index (χ4n) is 1.54. The molecular weight excluding hydrogens is 300 g/mol. The van der Waals surface area contributed by atoms with E-state index in [0.29, 0.717) is 23.8 Å². The third-order valence-corrected chi connectivity index (χ3v) is 4.55. The number of sulfonamides is 1. The largest absolute Gasteiger partial charge is 0.380 e. The van der Waals surface area contributed by atoms with Crippen LogP contribution in [-0.4, -0.2) is 28.2 Å². The van der Waals surface area contributed by atoms with E-state index < -0.39 is 10.0 Å². The van der Waals surface area contributed by atoms with E-state index in [2.05, 4.69) is 11.6 Å². The van der Waals surface area contributed by atoms with Crippen molar-refractivity contribution >= 4 is 21.6 Å². The van der Waals surface area contributed by atoms with Crippen LogP contribution in [0.3, 0.4) is 0 Å². The van der Waals surface area contributed by atoms with Gasteiger partial charge in [0.25, 0.3) is 0 Å². The van der Waals surface area contributed by atoms with Crippen LogP contribution >= 0.6 is 11.6 Å². The molecule has 0 saturated heterocycles. The van der Waals surface area contributed by atoms with Crippen LogP contribution in [0.4, 0.5) is 0 Å².